The maximum Gasteiger partial charge on any atom is 0.251 e. The van der Waals surface area contributed by atoms with Gasteiger partial charge in [-0.05, 0) is 43.1 Å². The monoisotopic (exact) mass is 222 g/mol. The summed E-state index contributed by atoms with van der Waals surface area (Å²) < 4.78 is 0. The van der Waals surface area contributed by atoms with Crippen LogP contribution in [0.4, 0.5) is 5.00 Å². The Hall–Kier alpha value is -1.03. The lowest BCUT2D eigenvalue weighted by molar-refractivity contribution is 0.1000. The predicted molar refractivity (Wildman–Crippen MR) is 61.0 cm³/mol. The Morgan fingerprint density at radius 1 is 1.40 bits per heavy atom. The van der Waals surface area contributed by atoms with E-state index in [1.165, 1.54) is 29.7 Å². The highest BCUT2D eigenvalue weighted by Crippen LogP contribution is 2.51. The Labute approximate surface area is 92.5 Å². The van der Waals surface area contributed by atoms with Crippen molar-refractivity contribution >= 4 is 22.2 Å². The number of hydrogen-bond donors (Lipinski definition) is 2. The lowest BCUT2D eigenvalue weighted by atomic mass is 9.85. The van der Waals surface area contributed by atoms with Gasteiger partial charge in [0, 0.05) is 4.88 Å². The fraction of sp³-hybridized carbons (Fsp3) is 0.545. The predicted octanol–water partition coefficient (Wildman–Crippen LogP) is 1.87. The van der Waals surface area contributed by atoms with E-state index in [2.05, 4.69) is 0 Å². The molecule has 1 aromatic rings. The van der Waals surface area contributed by atoms with Gasteiger partial charge < -0.3 is 11.5 Å². The molecule has 2 aliphatic carbocycles. The van der Waals surface area contributed by atoms with Crippen LogP contribution in [0.1, 0.15) is 46.0 Å². The highest BCUT2D eigenvalue weighted by molar-refractivity contribution is 7.16. The number of nitrogens with two attached hydrogens (primary N) is 2. The summed E-state index contributed by atoms with van der Waals surface area (Å²) in [6, 6.07) is 0. The van der Waals surface area contributed by atoms with Crippen molar-refractivity contribution in [2.45, 2.75) is 31.6 Å². The third-order valence-corrected chi connectivity index (χ3v) is 4.78. The van der Waals surface area contributed by atoms with Crippen LogP contribution in [0.3, 0.4) is 0 Å². The molecule has 2 aliphatic rings. The zero-order chi connectivity index (χ0) is 10.6. The summed E-state index contributed by atoms with van der Waals surface area (Å²) in [4.78, 5) is 12.7. The number of amides is 1. The number of primary amides is 1. The molecule has 0 radical (unpaired) electrons. The quantitative estimate of drug-likeness (QED) is 0.761. The van der Waals surface area contributed by atoms with E-state index in [-0.39, 0.29) is 5.91 Å². The zero-order valence-electron chi connectivity index (χ0n) is 8.45. The molecule has 1 amide bonds. The minimum absolute atomic E-state index is 0.352. The van der Waals surface area contributed by atoms with Gasteiger partial charge in [0.1, 0.15) is 0 Å². The smallest absolute Gasteiger partial charge is 0.251 e. The molecule has 4 heteroatoms. The summed E-state index contributed by atoms with van der Waals surface area (Å²) in [5.41, 5.74) is 13.1. The molecule has 1 aromatic heterocycles. The van der Waals surface area contributed by atoms with Crippen molar-refractivity contribution in [1.82, 2.24) is 0 Å². The molecule has 0 saturated heterocycles. The average molecular weight is 222 g/mol. The number of anilines is 1. The maximum absolute atomic E-state index is 11.4. The number of rotatable bonds is 1. The summed E-state index contributed by atoms with van der Waals surface area (Å²) in [5, 5.41) is 0.625. The van der Waals surface area contributed by atoms with Gasteiger partial charge in [0.15, 0.2) is 0 Å². The third-order valence-electron chi connectivity index (χ3n) is 3.72. The van der Waals surface area contributed by atoms with Gasteiger partial charge in [0.2, 0.25) is 0 Å². The molecule has 4 N–H and O–H groups in total. The largest absolute Gasteiger partial charge is 0.390 e. The fourth-order valence-corrected chi connectivity index (χ4v) is 4.41. The standard InChI is InChI=1S/C11H14N2OS/c12-10(14)9-8-6-2-1-5(3-6)4-7(8)15-11(9)13/h5-6H,1-4,13H2,(H2,12,14)/t5-,6?/m0/s1. The molecule has 80 valence electrons. The first-order valence-corrected chi connectivity index (χ1v) is 6.19. The fourth-order valence-electron chi connectivity index (χ4n) is 3.13. The molecular formula is C11H14N2OS. The van der Waals surface area contributed by atoms with Crippen LogP contribution in [0.25, 0.3) is 0 Å². The van der Waals surface area contributed by atoms with Crippen molar-refractivity contribution in [1.29, 1.82) is 0 Å². The molecule has 1 unspecified atom stereocenters. The summed E-state index contributed by atoms with van der Waals surface area (Å²) in [6.07, 6.45) is 4.83. The van der Waals surface area contributed by atoms with Crippen LogP contribution in [0.2, 0.25) is 0 Å². The molecule has 1 heterocycles. The van der Waals surface area contributed by atoms with Crippen LogP contribution >= 0.6 is 11.3 Å². The van der Waals surface area contributed by atoms with Gasteiger partial charge in [-0.25, -0.2) is 0 Å². The molecule has 0 aliphatic heterocycles. The number of fused-ring (bicyclic) bond motifs is 4. The van der Waals surface area contributed by atoms with E-state index in [0.717, 1.165) is 12.3 Å². The van der Waals surface area contributed by atoms with Crippen molar-refractivity contribution in [3.8, 4) is 0 Å². The van der Waals surface area contributed by atoms with E-state index >= 15 is 0 Å². The van der Waals surface area contributed by atoms with Crippen molar-refractivity contribution in [2.75, 3.05) is 5.73 Å². The van der Waals surface area contributed by atoms with Crippen LogP contribution in [0, 0.1) is 5.92 Å². The maximum atomic E-state index is 11.4. The van der Waals surface area contributed by atoms with Crippen molar-refractivity contribution in [3.63, 3.8) is 0 Å². The molecule has 0 aromatic carbocycles. The van der Waals surface area contributed by atoms with E-state index in [9.17, 15) is 4.79 Å². The van der Waals surface area contributed by atoms with E-state index in [1.54, 1.807) is 11.3 Å². The lowest BCUT2D eigenvalue weighted by Gasteiger charge is -2.19. The van der Waals surface area contributed by atoms with E-state index in [1.807, 2.05) is 0 Å². The summed E-state index contributed by atoms with van der Waals surface area (Å²) in [7, 11) is 0. The second-order valence-electron chi connectivity index (χ2n) is 4.62. The summed E-state index contributed by atoms with van der Waals surface area (Å²) in [5.74, 6) is 1.02. The molecule has 0 spiro atoms. The Morgan fingerprint density at radius 2 is 2.20 bits per heavy atom. The molecule has 2 bridgehead atoms. The van der Waals surface area contributed by atoms with E-state index in [0.29, 0.717) is 16.5 Å². The van der Waals surface area contributed by atoms with Gasteiger partial charge in [-0.1, -0.05) is 0 Å². The molecule has 3 nitrogen and oxygen atoms in total. The van der Waals surface area contributed by atoms with Crippen LogP contribution in [0.5, 0.6) is 0 Å². The molecule has 1 fully saturated rings. The first-order chi connectivity index (χ1) is 7.16. The topological polar surface area (TPSA) is 69.1 Å². The number of carbonyl (C=O) groups is 1. The van der Waals surface area contributed by atoms with Gasteiger partial charge >= 0.3 is 0 Å². The van der Waals surface area contributed by atoms with Crippen LogP contribution in [-0.2, 0) is 6.42 Å². The molecule has 15 heavy (non-hydrogen) atoms. The van der Waals surface area contributed by atoms with Gasteiger partial charge in [0.25, 0.3) is 5.91 Å². The van der Waals surface area contributed by atoms with Gasteiger partial charge in [0.05, 0.1) is 10.6 Å². The molecular weight excluding hydrogens is 208 g/mol. The first-order valence-electron chi connectivity index (χ1n) is 5.37. The van der Waals surface area contributed by atoms with E-state index < -0.39 is 0 Å². The highest BCUT2D eigenvalue weighted by Gasteiger charge is 2.37. The number of hydrogen-bond acceptors (Lipinski definition) is 3. The van der Waals surface area contributed by atoms with Crippen molar-refractivity contribution in [2.24, 2.45) is 11.7 Å². The SMILES string of the molecule is NC(=O)c1c(N)sc2c1C1CC[C@H](C2)C1. The molecule has 1 saturated carbocycles. The van der Waals surface area contributed by atoms with Crippen LogP contribution < -0.4 is 11.5 Å². The summed E-state index contributed by atoms with van der Waals surface area (Å²) >= 11 is 1.57. The Morgan fingerprint density at radius 3 is 2.93 bits per heavy atom. The number of thiophene rings is 1. The Kier molecular flexibility index (Phi) is 1.83. The molecule has 3 rings (SSSR count). The number of nitrogen functional groups attached to an aromatic ring is 1. The minimum atomic E-state index is -0.352. The third kappa shape index (κ3) is 1.21. The second-order valence-corrected chi connectivity index (χ2v) is 5.76. The van der Waals surface area contributed by atoms with Crippen LogP contribution in [-0.4, -0.2) is 5.91 Å². The number of carbonyl (C=O) groups excluding carboxylic acids is 1. The van der Waals surface area contributed by atoms with Crippen LogP contribution in [0.15, 0.2) is 0 Å². The summed E-state index contributed by atoms with van der Waals surface area (Å²) in [6.45, 7) is 0. The van der Waals surface area contributed by atoms with Gasteiger partial charge in [-0.15, -0.1) is 11.3 Å². The minimum Gasteiger partial charge on any atom is -0.390 e. The Bertz CT molecular complexity index is 438. The van der Waals surface area contributed by atoms with E-state index in [4.69, 9.17) is 11.5 Å². The van der Waals surface area contributed by atoms with Crippen molar-refractivity contribution < 1.29 is 4.79 Å². The first kappa shape index (κ1) is 9.21. The highest BCUT2D eigenvalue weighted by atomic mass is 32.1. The van der Waals surface area contributed by atoms with Crippen molar-refractivity contribution in [3.05, 3.63) is 16.0 Å². The Balaban J connectivity index is 2.18. The zero-order valence-corrected chi connectivity index (χ0v) is 9.27. The van der Waals surface area contributed by atoms with Gasteiger partial charge in [-0.2, -0.15) is 0 Å². The average Bonchev–Trinajstić information content (AvgIpc) is 2.68. The second kappa shape index (κ2) is 2.98. The lowest BCUT2D eigenvalue weighted by Crippen LogP contribution is -2.17. The van der Waals surface area contributed by atoms with Gasteiger partial charge in [-0.3, -0.25) is 4.79 Å². The normalized spacial score (nSPS) is 27.7. The molecule has 2 atom stereocenters.